The summed E-state index contributed by atoms with van der Waals surface area (Å²) in [4.78, 5) is 12.7. The highest BCUT2D eigenvalue weighted by Gasteiger charge is 2.61. The monoisotopic (exact) mass is 356 g/mol. The molecule has 2 rings (SSSR count). The molecule has 2 nitrogen and oxygen atoms in total. The Balaban J connectivity index is 2.78. The molecule has 0 amide bonds. The highest BCUT2D eigenvalue weighted by molar-refractivity contribution is 9.10. The first-order chi connectivity index (χ1) is 9.73. The van der Waals surface area contributed by atoms with E-state index < -0.39 is 16.8 Å². The Morgan fingerprint density at radius 2 is 1.95 bits per heavy atom. The van der Waals surface area contributed by atoms with E-state index >= 15 is 0 Å². The van der Waals surface area contributed by atoms with Crippen molar-refractivity contribution in [2.75, 3.05) is 0 Å². The minimum absolute atomic E-state index is 0.0476. The van der Waals surface area contributed by atoms with Crippen molar-refractivity contribution in [3.05, 3.63) is 33.5 Å². The van der Waals surface area contributed by atoms with Crippen molar-refractivity contribution in [3.63, 3.8) is 0 Å². The first-order valence-corrected chi connectivity index (χ1v) is 8.28. The highest BCUT2D eigenvalue weighted by Crippen LogP contribution is 2.57. The molecule has 0 aliphatic heterocycles. The summed E-state index contributed by atoms with van der Waals surface area (Å²) in [5.41, 5.74) is -1.90. The van der Waals surface area contributed by atoms with E-state index in [0.717, 1.165) is 19.3 Å². The largest absolute Gasteiger partial charge is 0.384 e. The van der Waals surface area contributed by atoms with Crippen molar-refractivity contribution in [1.29, 1.82) is 0 Å². The fourth-order valence-corrected chi connectivity index (χ4v) is 4.35. The number of rotatable bonds is 4. The summed E-state index contributed by atoms with van der Waals surface area (Å²) in [6, 6.07) is 2.86. The van der Waals surface area contributed by atoms with E-state index in [2.05, 4.69) is 22.9 Å². The molecule has 1 aliphatic carbocycles. The second kappa shape index (κ2) is 5.47. The van der Waals surface area contributed by atoms with Gasteiger partial charge in [0.1, 0.15) is 11.4 Å². The van der Waals surface area contributed by atoms with Gasteiger partial charge in [-0.15, -0.1) is 0 Å². The van der Waals surface area contributed by atoms with Gasteiger partial charge in [0, 0.05) is 10.0 Å². The molecule has 0 saturated carbocycles. The molecule has 2 atom stereocenters. The maximum Gasteiger partial charge on any atom is 0.175 e. The van der Waals surface area contributed by atoms with Crippen molar-refractivity contribution in [1.82, 2.24) is 0 Å². The zero-order chi connectivity index (χ0) is 16.0. The van der Waals surface area contributed by atoms with Crippen LogP contribution in [0.15, 0.2) is 16.6 Å². The molecular formula is C17H22BrFO2. The molecule has 116 valence electrons. The van der Waals surface area contributed by atoms with Crippen LogP contribution in [0.3, 0.4) is 0 Å². The molecule has 21 heavy (non-hydrogen) atoms. The van der Waals surface area contributed by atoms with E-state index in [1.165, 1.54) is 6.07 Å². The third-order valence-electron chi connectivity index (χ3n) is 4.95. The van der Waals surface area contributed by atoms with Gasteiger partial charge in [-0.3, -0.25) is 4.79 Å². The number of benzene rings is 1. The van der Waals surface area contributed by atoms with Crippen LogP contribution in [0, 0.1) is 17.2 Å². The Morgan fingerprint density at radius 1 is 1.33 bits per heavy atom. The van der Waals surface area contributed by atoms with Gasteiger partial charge in [0.05, 0.1) is 11.0 Å². The van der Waals surface area contributed by atoms with E-state index in [1.54, 1.807) is 19.9 Å². The predicted octanol–water partition coefficient (Wildman–Crippen LogP) is 4.82. The van der Waals surface area contributed by atoms with Crippen LogP contribution in [0.1, 0.15) is 62.9 Å². The Hall–Kier alpha value is -0.740. The quantitative estimate of drug-likeness (QED) is 0.839. The maximum atomic E-state index is 14.2. The molecule has 2 unspecified atom stereocenters. The summed E-state index contributed by atoms with van der Waals surface area (Å²) in [7, 11) is 0. The van der Waals surface area contributed by atoms with E-state index in [0.29, 0.717) is 10.0 Å². The number of halogens is 2. The van der Waals surface area contributed by atoms with Crippen LogP contribution in [0.5, 0.6) is 0 Å². The van der Waals surface area contributed by atoms with Crippen molar-refractivity contribution in [2.24, 2.45) is 11.3 Å². The first-order valence-electron chi connectivity index (χ1n) is 7.49. The molecule has 1 aromatic carbocycles. The topological polar surface area (TPSA) is 37.3 Å². The van der Waals surface area contributed by atoms with Crippen LogP contribution in [0.4, 0.5) is 4.39 Å². The third-order valence-corrected chi connectivity index (χ3v) is 5.61. The zero-order valence-corrected chi connectivity index (χ0v) is 14.6. The van der Waals surface area contributed by atoms with Gasteiger partial charge < -0.3 is 5.11 Å². The second-order valence-electron chi connectivity index (χ2n) is 6.39. The molecular weight excluding hydrogens is 335 g/mol. The lowest BCUT2D eigenvalue weighted by atomic mass is 9.66. The van der Waals surface area contributed by atoms with E-state index in [9.17, 15) is 14.3 Å². The lowest BCUT2D eigenvalue weighted by Crippen LogP contribution is -2.47. The third kappa shape index (κ3) is 2.10. The van der Waals surface area contributed by atoms with E-state index in [1.807, 2.05) is 6.92 Å². The molecule has 0 saturated heterocycles. The molecule has 0 radical (unpaired) electrons. The lowest BCUT2D eigenvalue weighted by Gasteiger charge is -2.42. The fraction of sp³-hybridized carbons (Fsp3) is 0.588. The van der Waals surface area contributed by atoms with Crippen molar-refractivity contribution in [2.45, 2.75) is 52.6 Å². The van der Waals surface area contributed by atoms with Crippen LogP contribution in [-0.2, 0) is 5.60 Å². The average Bonchev–Trinajstić information content (AvgIpc) is 2.60. The summed E-state index contributed by atoms with van der Waals surface area (Å²) in [5.74, 6) is -0.942. The summed E-state index contributed by atoms with van der Waals surface area (Å²) in [6.07, 6.45) is 2.45. The number of Topliss-reactive ketones (excluding diaryl/α,β-unsaturated/α-hetero) is 1. The normalized spacial score (nSPS) is 25.0. The van der Waals surface area contributed by atoms with Crippen LogP contribution >= 0.6 is 15.9 Å². The molecule has 1 aromatic rings. The highest BCUT2D eigenvalue weighted by atomic mass is 79.9. The van der Waals surface area contributed by atoms with E-state index in [-0.39, 0.29) is 17.3 Å². The van der Waals surface area contributed by atoms with Gasteiger partial charge in [0.25, 0.3) is 0 Å². The average molecular weight is 357 g/mol. The SMILES string of the molecule is CCCC(CC)C1(O)c2c(Br)ccc(F)c2C(=O)C1(C)C. The minimum Gasteiger partial charge on any atom is -0.384 e. The number of hydrogen-bond donors (Lipinski definition) is 1. The van der Waals surface area contributed by atoms with Gasteiger partial charge in [-0.2, -0.15) is 0 Å². The predicted molar refractivity (Wildman–Crippen MR) is 84.8 cm³/mol. The number of carbonyl (C=O) groups is 1. The smallest absolute Gasteiger partial charge is 0.175 e. The Bertz CT molecular complexity index is 582. The van der Waals surface area contributed by atoms with Gasteiger partial charge in [-0.1, -0.05) is 42.6 Å². The van der Waals surface area contributed by atoms with Crippen LogP contribution in [0.2, 0.25) is 0 Å². The molecule has 0 heterocycles. The zero-order valence-electron chi connectivity index (χ0n) is 13.0. The number of aliphatic hydroxyl groups is 1. The molecule has 4 heteroatoms. The van der Waals surface area contributed by atoms with Crippen molar-refractivity contribution in [3.8, 4) is 0 Å². The summed E-state index contributed by atoms with van der Waals surface area (Å²) in [5, 5.41) is 11.5. The molecule has 1 N–H and O–H groups in total. The summed E-state index contributed by atoms with van der Waals surface area (Å²) >= 11 is 3.41. The molecule has 1 aliphatic rings. The van der Waals surface area contributed by atoms with E-state index in [4.69, 9.17) is 0 Å². The van der Waals surface area contributed by atoms with Gasteiger partial charge in [-0.05, 0) is 38.3 Å². The molecule has 0 spiro atoms. The number of carbonyl (C=O) groups excluding carboxylic acids is 1. The van der Waals surface area contributed by atoms with Crippen LogP contribution in [-0.4, -0.2) is 10.9 Å². The standard InChI is InChI=1S/C17H22BrFO2/c1-5-7-10(6-2)17(21)14-11(18)8-9-12(19)13(14)15(20)16(17,3)4/h8-10,21H,5-7H2,1-4H3. The van der Waals surface area contributed by atoms with Crippen LogP contribution in [0.25, 0.3) is 0 Å². The first kappa shape index (κ1) is 16.6. The van der Waals surface area contributed by atoms with Crippen molar-refractivity contribution >= 4 is 21.7 Å². The van der Waals surface area contributed by atoms with Gasteiger partial charge in [0.2, 0.25) is 0 Å². The fourth-order valence-electron chi connectivity index (χ4n) is 3.72. The van der Waals surface area contributed by atoms with Gasteiger partial charge in [0.15, 0.2) is 5.78 Å². The molecule has 0 bridgehead atoms. The lowest BCUT2D eigenvalue weighted by molar-refractivity contribution is -0.0975. The Labute approximate surface area is 133 Å². The number of ketones is 1. The summed E-state index contributed by atoms with van der Waals surface area (Å²) < 4.78 is 14.8. The second-order valence-corrected chi connectivity index (χ2v) is 7.25. The van der Waals surface area contributed by atoms with Crippen LogP contribution < -0.4 is 0 Å². The summed E-state index contributed by atoms with van der Waals surface area (Å²) in [6.45, 7) is 7.50. The van der Waals surface area contributed by atoms with Crippen molar-refractivity contribution < 1.29 is 14.3 Å². The number of hydrogen-bond acceptors (Lipinski definition) is 2. The molecule has 0 fully saturated rings. The van der Waals surface area contributed by atoms with Gasteiger partial charge in [-0.25, -0.2) is 4.39 Å². The molecule has 0 aromatic heterocycles. The Kier molecular flexibility index (Phi) is 4.33. The Morgan fingerprint density at radius 3 is 2.48 bits per heavy atom. The number of fused-ring (bicyclic) bond motifs is 1. The maximum absolute atomic E-state index is 14.2. The van der Waals surface area contributed by atoms with Gasteiger partial charge >= 0.3 is 0 Å². The minimum atomic E-state index is -1.34.